The zero-order chi connectivity index (χ0) is 12.4. The Balaban J connectivity index is 2.08. The second-order valence-corrected chi connectivity index (χ2v) is 6.19. The third-order valence-electron chi connectivity index (χ3n) is 3.31. The van der Waals surface area contributed by atoms with Crippen molar-refractivity contribution in [3.63, 3.8) is 0 Å². The van der Waals surface area contributed by atoms with E-state index in [1.807, 2.05) is 0 Å². The maximum Gasteiger partial charge on any atom is 0.280 e. The van der Waals surface area contributed by atoms with Crippen LogP contribution in [-0.4, -0.2) is 44.6 Å². The summed E-state index contributed by atoms with van der Waals surface area (Å²) in [6.45, 7) is 1.55. The summed E-state index contributed by atoms with van der Waals surface area (Å²) in [5, 5.41) is 9.16. The number of nitriles is 1. The van der Waals surface area contributed by atoms with Crippen molar-refractivity contribution in [3.8, 4) is 6.07 Å². The monoisotopic (exact) mass is 259 g/mol. The van der Waals surface area contributed by atoms with E-state index in [1.165, 1.54) is 4.31 Å². The molecule has 0 aromatic carbocycles. The number of hydrogen-bond donors (Lipinski definition) is 1. The van der Waals surface area contributed by atoms with Crippen LogP contribution in [0.5, 0.6) is 0 Å². The topological polar surface area (TPSA) is 82.4 Å². The molecule has 0 aromatic rings. The molecule has 1 aliphatic carbocycles. The molecule has 1 saturated carbocycles. The average molecular weight is 259 g/mol. The molecular weight excluding hydrogens is 242 g/mol. The van der Waals surface area contributed by atoms with Crippen molar-refractivity contribution in [2.24, 2.45) is 0 Å². The Hall–Kier alpha value is -0.680. The minimum absolute atomic E-state index is 0.358. The molecule has 6 nitrogen and oxygen atoms in total. The van der Waals surface area contributed by atoms with Crippen LogP contribution in [0.1, 0.15) is 25.7 Å². The first-order valence-electron chi connectivity index (χ1n) is 5.86. The van der Waals surface area contributed by atoms with Gasteiger partial charge in [0.05, 0.1) is 19.3 Å². The van der Waals surface area contributed by atoms with Gasteiger partial charge in [0.25, 0.3) is 10.2 Å². The third-order valence-corrected chi connectivity index (χ3v) is 5.00. The highest BCUT2D eigenvalue weighted by Gasteiger charge is 2.39. The summed E-state index contributed by atoms with van der Waals surface area (Å²) >= 11 is 0. The van der Waals surface area contributed by atoms with E-state index in [2.05, 4.69) is 10.8 Å². The summed E-state index contributed by atoms with van der Waals surface area (Å²) in [5.74, 6) is 0. The van der Waals surface area contributed by atoms with Gasteiger partial charge in [-0.3, -0.25) is 0 Å². The van der Waals surface area contributed by atoms with Gasteiger partial charge in [0, 0.05) is 13.1 Å². The molecule has 0 radical (unpaired) electrons. The average Bonchev–Trinajstić information content (AvgIpc) is 2.79. The predicted molar refractivity (Wildman–Crippen MR) is 61.3 cm³/mol. The van der Waals surface area contributed by atoms with Gasteiger partial charge in [-0.15, -0.1) is 0 Å². The first kappa shape index (κ1) is 12.8. The maximum atomic E-state index is 12.1. The standard InChI is InChI=1S/C10H17N3O3S/c11-9-10(3-1-2-4-10)12-17(14,15)13-5-7-16-8-6-13/h12H,1-8H2. The van der Waals surface area contributed by atoms with Crippen molar-refractivity contribution in [1.82, 2.24) is 9.03 Å². The summed E-state index contributed by atoms with van der Waals surface area (Å²) in [6, 6.07) is 2.12. The third kappa shape index (κ3) is 2.77. The lowest BCUT2D eigenvalue weighted by Gasteiger charge is -2.30. The molecule has 1 N–H and O–H groups in total. The minimum Gasteiger partial charge on any atom is -0.379 e. The van der Waals surface area contributed by atoms with Gasteiger partial charge < -0.3 is 4.74 Å². The van der Waals surface area contributed by atoms with Crippen LogP contribution in [0.4, 0.5) is 0 Å². The summed E-state index contributed by atoms with van der Waals surface area (Å²) in [7, 11) is -3.56. The fourth-order valence-electron chi connectivity index (χ4n) is 2.31. The molecule has 0 amide bonds. The van der Waals surface area contributed by atoms with Crippen molar-refractivity contribution in [2.45, 2.75) is 31.2 Å². The molecule has 1 saturated heterocycles. The van der Waals surface area contributed by atoms with E-state index in [0.29, 0.717) is 39.1 Å². The fraction of sp³-hybridized carbons (Fsp3) is 0.900. The summed E-state index contributed by atoms with van der Waals surface area (Å²) < 4.78 is 33.3. The maximum absolute atomic E-state index is 12.1. The molecule has 2 fully saturated rings. The van der Waals surface area contributed by atoms with Crippen LogP contribution in [0, 0.1) is 11.3 Å². The number of nitrogens with one attached hydrogen (secondary N) is 1. The lowest BCUT2D eigenvalue weighted by atomic mass is 10.0. The van der Waals surface area contributed by atoms with Gasteiger partial charge in [-0.1, -0.05) is 12.8 Å². The molecule has 96 valence electrons. The highest BCUT2D eigenvalue weighted by Crippen LogP contribution is 2.30. The van der Waals surface area contributed by atoms with Crippen molar-refractivity contribution >= 4 is 10.2 Å². The zero-order valence-electron chi connectivity index (χ0n) is 9.68. The molecule has 0 spiro atoms. The van der Waals surface area contributed by atoms with Gasteiger partial charge in [-0.05, 0) is 12.8 Å². The Bertz CT molecular complexity index is 403. The van der Waals surface area contributed by atoms with Crippen LogP contribution in [0.3, 0.4) is 0 Å². The second kappa shape index (κ2) is 4.90. The first-order chi connectivity index (χ1) is 8.08. The van der Waals surface area contributed by atoms with Crippen LogP contribution >= 0.6 is 0 Å². The summed E-state index contributed by atoms with van der Waals surface area (Å²) in [6.07, 6.45) is 3.01. The quantitative estimate of drug-likeness (QED) is 0.772. The molecule has 0 atom stereocenters. The molecule has 0 bridgehead atoms. The van der Waals surface area contributed by atoms with Gasteiger partial charge in [0.1, 0.15) is 5.54 Å². The van der Waals surface area contributed by atoms with E-state index < -0.39 is 15.7 Å². The Morgan fingerprint density at radius 3 is 2.35 bits per heavy atom. The van der Waals surface area contributed by atoms with Crippen molar-refractivity contribution < 1.29 is 13.2 Å². The molecule has 7 heteroatoms. The SMILES string of the molecule is N#CC1(NS(=O)(=O)N2CCOCC2)CCCC1. The van der Waals surface area contributed by atoms with Gasteiger partial charge in [-0.2, -0.15) is 22.7 Å². The number of ether oxygens (including phenoxy) is 1. The van der Waals surface area contributed by atoms with Crippen LogP contribution in [-0.2, 0) is 14.9 Å². The van der Waals surface area contributed by atoms with Crippen molar-refractivity contribution in [2.75, 3.05) is 26.3 Å². The van der Waals surface area contributed by atoms with E-state index in [1.54, 1.807) is 0 Å². The highest BCUT2D eigenvalue weighted by atomic mass is 32.2. The Morgan fingerprint density at radius 1 is 1.24 bits per heavy atom. The van der Waals surface area contributed by atoms with Gasteiger partial charge in [0.2, 0.25) is 0 Å². The molecule has 17 heavy (non-hydrogen) atoms. The van der Waals surface area contributed by atoms with Crippen LogP contribution in [0.2, 0.25) is 0 Å². The Morgan fingerprint density at radius 2 is 1.82 bits per heavy atom. The van der Waals surface area contributed by atoms with E-state index >= 15 is 0 Å². The number of morpholine rings is 1. The molecule has 0 unspecified atom stereocenters. The number of rotatable bonds is 3. The van der Waals surface area contributed by atoms with E-state index in [9.17, 15) is 8.42 Å². The van der Waals surface area contributed by atoms with E-state index in [0.717, 1.165) is 12.8 Å². The van der Waals surface area contributed by atoms with Crippen LogP contribution in [0.25, 0.3) is 0 Å². The fourth-order valence-corrected chi connectivity index (χ4v) is 3.82. The Kier molecular flexibility index (Phi) is 3.68. The Labute approximate surface area is 102 Å². The zero-order valence-corrected chi connectivity index (χ0v) is 10.5. The van der Waals surface area contributed by atoms with E-state index in [-0.39, 0.29) is 0 Å². The molecular formula is C10H17N3O3S. The molecule has 1 heterocycles. The smallest absolute Gasteiger partial charge is 0.280 e. The lowest BCUT2D eigenvalue weighted by Crippen LogP contribution is -2.53. The van der Waals surface area contributed by atoms with Crippen LogP contribution < -0.4 is 4.72 Å². The van der Waals surface area contributed by atoms with Crippen LogP contribution in [0.15, 0.2) is 0 Å². The van der Waals surface area contributed by atoms with E-state index in [4.69, 9.17) is 10.00 Å². The molecule has 1 aliphatic heterocycles. The van der Waals surface area contributed by atoms with Crippen molar-refractivity contribution in [1.29, 1.82) is 5.26 Å². The number of hydrogen-bond acceptors (Lipinski definition) is 4. The highest BCUT2D eigenvalue weighted by molar-refractivity contribution is 7.87. The van der Waals surface area contributed by atoms with Gasteiger partial charge in [0.15, 0.2) is 0 Å². The minimum atomic E-state index is -3.56. The van der Waals surface area contributed by atoms with Crippen molar-refractivity contribution in [3.05, 3.63) is 0 Å². The number of nitrogens with zero attached hydrogens (tertiary/aromatic N) is 2. The summed E-state index contributed by atoms with van der Waals surface area (Å²) in [5.41, 5.74) is -0.892. The van der Waals surface area contributed by atoms with Gasteiger partial charge >= 0.3 is 0 Å². The lowest BCUT2D eigenvalue weighted by molar-refractivity contribution is 0.0721. The normalized spacial score (nSPS) is 25.6. The largest absolute Gasteiger partial charge is 0.379 e. The molecule has 2 rings (SSSR count). The first-order valence-corrected chi connectivity index (χ1v) is 7.30. The second-order valence-electron chi connectivity index (χ2n) is 4.52. The molecule has 0 aromatic heterocycles. The predicted octanol–water partition coefficient (Wildman–Crippen LogP) is -0.0106. The van der Waals surface area contributed by atoms with Gasteiger partial charge in [-0.25, -0.2) is 0 Å². The summed E-state index contributed by atoms with van der Waals surface area (Å²) in [4.78, 5) is 0. The molecule has 2 aliphatic rings.